The first-order chi connectivity index (χ1) is 7.10. The molecule has 5 heteroatoms. The molecule has 82 valence electrons. The van der Waals surface area contributed by atoms with Crippen LogP contribution in [-0.2, 0) is 0 Å². The molecule has 1 aromatic rings. The molecule has 0 bridgehead atoms. The van der Waals surface area contributed by atoms with Crippen LogP contribution in [0.5, 0.6) is 0 Å². The van der Waals surface area contributed by atoms with Gasteiger partial charge in [-0.25, -0.2) is 0 Å². The van der Waals surface area contributed by atoms with E-state index >= 15 is 0 Å². The molecule has 1 rings (SSSR count). The molecule has 0 amide bonds. The summed E-state index contributed by atoms with van der Waals surface area (Å²) in [4.78, 5) is 10.3. The van der Waals surface area contributed by atoms with E-state index < -0.39 is 4.92 Å². The average molecular weight is 210 g/mol. The van der Waals surface area contributed by atoms with Gasteiger partial charge in [-0.05, 0) is 12.5 Å². The molecule has 5 nitrogen and oxygen atoms in total. The van der Waals surface area contributed by atoms with Crippen LogP contribution in [0.15, 0.2) is 18.2 Å². The summed E-state index contributed by atoms with van der Waals surface area (Å²) in [6.07, 6.45) is 0. The number of aliphatic hydroxyl groups is 1. The number of nitrogens with two attached hydrogens (primary N) is 1. The van der Waals surface area contributed by atoms with Crippen LogP contribution in [0.4, 0.5) is 5.69 Å². The summed E-state index contributed by atoms with van der Waals surface area (Å²) < 4.78 is 0. The second kappa shape index (κ2) is 4.86. The number of aryl methyl sites for hydroxylation is 1. The summed E-state index contributed by atoms with van der Waals surface area (Å²) in [5, 5.41) is 19.7. The van der Waals surface area contributed by atoms with Crippen molar-refractivity contribution >= 4 is 5.69 Å². The molecule has 0 aliphatic heterocycles. The van der Waals surface area contributed by atoms with Crippen LogP contribution in [0, 0.1) is 17.0 Å². The van der Waals surface area contributed by atoms with Crippen LogP contribution in [0.3, 0.4) is 0 Å². The molecule has 3 N–H and O–H groups in total. The maximum absolute atomic E-state index is 10.7. The summed E-state index contributed by atoms with van der Waals surface area (Å²) in [5.41, 5.74) is 6.83. The number of rotatable bonds is 4. The molecule has 0 saturated carbocycles. The normalized spacial score (nSPS) is 12.5. The Morgan fingerprint density at radius 3 is 2.73 bits per heavy atom. The molecule has 0 aliphatic rings. The van der Waals surface area contributed by atoms with Crippen LogP contribution in [0.1, 0.15) is 17.0 Å². The molecule has 1 aromatic carbocycles. The molecule has 0 spiro atoms. The Hall–Kier alpha value is -1.46. The minimum absolute atomic E-state index is 0.0689. The van der Waals surface area contributed by atoms with Gasteiger partial charge in [0.25, 0.3) is 5.69 Å². The molecule has 0 saturated heterocycles. The van der Waals surface area contributed by atoms with Gasteiger partial charge in [-0.2, -0.15) is 0 Å². The second-order valence-electron chi connectivity index (χ2n) is 3.42. The monoisotopic (exact) mass is 210 g/mol. The lowest BCUT2D eigenvalue weighted by Crippen LogP contribution is -2.16. The minimum Gasteiger partial charge on any atom is -0.396 e. The van der Waals surface area contributed by atoms with Crippen molar-refractivity contribution in [1.29, 1.82) is 0 Å². The zero-order chi connectivity index (χ0) is 11.4. The van der Waals surface area contributed by atoms with E-state index in [-0.39, 0.29) is 24.8 Å². The molecule has 0 radical (unpaired) electrons. The lowest BCUT2D eigenvalue weighted by molar-refractivity contribution is -0.385. The predicted octanol–water partition coefficient (Wildman–Crippen LogP) is 0.938. The third-order valence-electron chi connectivity index (χ3n) is 2.41. The van der Waals surface area contributed by atoms with Gasteiger partial charge in [-0.3, -0.25) is 10.1 Å². The van der Waals surface area contributed by atoms with Crippen LogP contribution < -0.4 is 5.73 Å². The van der Waals surface area contributed by atoms with Gasteiger partial charge in [0.05, 0.1) is 11.5 Å². The Morgan fingerprint density at radius 1 is 1.60 bits per heavy atom. The molecular formula is C10H14N2O3. The number of benzene rings is 1. The lowest BCUT2D eigenvalue weighted by atomic mass is 9.98. The van der Waals surface area contributed by atoms with Crippen molar-refractivity contribution in [2.75, 3.05) is 13.2 Å². The highest BCUT2D eigenvalue weighted by Gasteiger charge is 2.15. The van der Waals surface area contributed by atoms with E-state index in [2.05, 4.69) is 0 Å². The molecule has 1 unspecified atom stereocenters. The Bertz CT molecular complexity index is 362. The van der Waals surface area contributed by atoms with Crippen molar-refractivity contribution < 1.29 is 10.0 Å². The summed E-state index contributed by atoms with van der Waals surface area (Å²) >= 11 is 0. The van der Waals surface area contributed by atoms with Gasteiger partial charge in [0.1, 0.15) is 0 Å². The van der Waals surface area contributed by atoms with Gasteiger partial charge in [0.2, 0.25) is 0 Å². The van der Waals surface area contributed by atoms with E-state index in [9.17, 15) is 10.1 Å². The SMILES string of the molecule is Cc1ccc(C(CN)CO)cc1[N+](=O)[O-]. The largest absolute Gasteiger partial charge is 0.396 e. The number of nitro benzene ring substituents is 1. The van der Waals surface area contributed by atoms with Gasteiger partial charge in [0, 0.05) is 24.1 Å². The van der Waals surface area contributed by atoms with Gasteiger partial charge in [-0.15, -0.1) is 0 Å². The van der Waals surface area contributed by atoms with E-state index in [0.717, 1.165) is 0 Å². The third kappa shape index (κ3) is 2.51. The highest BCUT2D eigenvalue weighted by atomic mass is 16.6. The Balaban J connectivity index is 3.11. The number of nitro groups is 1. The summed E-state index contributed by atoms with van der Waals surface area (Å²) in [6, 6.07) is 4.91. The zero-order valence-electron chi connectivity index (χ0n) is 8.51. The van der Waals surface area contributed by atoms with Gasteiger partial charge in [0.15, 0.2) is 0 Å². The van der Waals surface area contributed by atoms with E-state index in [1.54, 1.807) is 19.1 Å². The number of nitrogens with zero attached hydrogens (tertiary/aromatic N) is 1. The summed E-state index contributed by atoms with van der Waals surface area (Å²) in [5.74, 6) is -0.232. The van der Waals surface area contributed by atoms with Crippen molar-refractivity contribution in [2.45, 2.75) is 12.8 Å². The van der Waals surface area contributed by atoms with Crippen LogP contribution >= 0.6 is 0 Å². The molecule has 0 heterocycles. The number of hydrogen-bond acceptors (Lipinski definition) is 4. The van der Waals surface area contributed by atoms with Crippen molar-refractivity contribution in [3.05, 3.63) is 39.4 Å². The van der Waals surface area contributed by atoms with Crippen molar-refractivity contribution in [3.8, 4) is 0 Å². The van der Waals surface area contributed by atoms with Gasteiger partial charge in [-0.1, -0.05) is 12.1 Å². The van der Waals surface area contributed by atoms with Crippen LogP contribution in [-0.4, -0.2) is 23.2 Å². The fraction of sp³-hybridized carbons (Fsp3) is 0.400. The van der Waals surface area contributed by atoms with E-state index in [1.807, 2.05) is 0 Å². The van der Waals surface area contributed by atoms with Crippen molar-refractivity contribution in [3.63, 3.8) is 0 Å². The molecule has 1 atom stereocenters. The van der Waals surface area contributed by atoms with Crippen molar-refractivity contribution in [1.82, 2.24) is 0 Å². The highest BCUT2D eigenvalue weighted by Crippen LogP contribution is 2.23. The fourth-order valence-corrected chi connectivity index (χ4v) is 1.39. The van der Waals surface area contributed by atoms with Gasteiger partial charge >= 0.3 is 0 Å². The number of hydrogen-bond donors (Lipinski definition) is 2. The quantitative estimate of drug-likeness (QED) is 0.571. The Kier molecular flexibility index (Phi) is 3.76. The smallest absolute Gasteiger partial charge is 0.272 e. The first-order valence-corrected chi connectivity index (χ1v) is 4.66. The van der Waals surface area contributed by atoms with Gasteiger partial charge < -0.3 is 10.8 Å². The summed E-state index contributed by atoms with van der Waals surface area (Å²) in [6.45, 7) is 1.85. The molecule has 0 fully saturated rings. The van der Waals surface area contributed by atoms with E-state index in [4.69, 9.17) is 10.8 Å². The standard InChI is InChI=1S/C10H14N2O3/c1-7-2-3-8(9(5-11)6-13)4-10(7)12(14)15/h2-4,9,13H,5-6,11H2,1H3. The number of aliphatic hydroxyl groups excluding tert-OH is 1. The van der Waals surface area contributed by atoms with E-state index in [1.165, 1.54) is 6.07 Å². The second-order valence-corrected chi connectivity index (χ2v) is 3.42. The Labute approximate surface area is 87.7 Å². The molecule has 15 heavy (non-hydrogen) atoms. The predicted molar refractivity (Wildman–Crippen MR) is 56.7 cm³/mol. The van der Waals surface area contributed by atoms with Crippen molar-refractivity contribution in [2.24, 2.45) is 5.73 Å². The lowest BCUT2D eigenvalue weighted by Gasteiger charge is -2.11. The molecule has 0 aromatic heterocycles. The highest BCUT2D eigenvalue weighted by molar-refractivity contribution is 5.43. The average Bonchev–Trinajstić information content (AvgIpc) is 2.21. The molecular weight excluding hydrogens is 196 g/mol. The summed E-state index contributed by atoms with van der Waals surface area (Å²) in [7, 11) is 0. The minimum atomic E-state index is -0.427. The first kappa shape index (κ1) is 11.6. The zero-order valence-corrected chi connectivity index (χ0v) is 8.51. The van der Waals surface area contributed by atoms with Crippen LogP contribution in [0.25, 0.3) is 0 Å². The third-order valence-corrected chi connectivity index (χ3v) is 2.41. The molecule has 0 aliphatic carbocycles. The first-order valence-electron chi connectivity index (χ1n) is 4.66. The maximum atomic E-state index is 10.7. The van der Waals surface area contributed by atoms with E-state index in [0.29, 0.717) is 11.1 Å². The fourth-order valence-electron chi connectivity index (χ4n) is 1.39. The Morgan fingerprint density at radius 2 is 2.27 bits per heavy atom. The maximum Gasteiger partial charge on any atom is 0.272 e. The van der Waals surface area contributed by atoms with Crippen LogP contribution in [0.2, 0.25) is 0 Å². The topological polar surface area (TPSA) is 89.4 Å².